The molecule has 2 N–H and O–H groups in total. The standard InChI is InChI=1S/C16H32N2O/c1-4-6-7-14(5-2)12-16(19)18-10-8-15(9-11-18)13(3)17/h13-15H,4-12,17H2,1-3H3. The van der Waals surface area contributed by atoms with Gasteiger partial charge in [0, 0.05) is 25.6 Å². The number of piperidine rings is 1. The molecule has 0 spiro atoms. The predicted octanol–water partition coefficient (Wildman–Crippen LogP) is 3.18. The second kappa shape index (κ2) is 8.57. The Morgan fingerprint density at radius 1 is 1.32 bits per heavy atom. The molecule has 3 nitrogen and oxygen atoms in total. The minimum absolute atomic E-state index is 0.269. The summed E-state index contributed by atoms with van der Waals surface area (Å²) in [6.07, 6.45) is 7.71. The van der Waals surface area contributed by atoms with Crippen LogP contribution in [0.15, 0.2) is 0 Å². The summed E-state index contributed by atoms with van der Waals surface area (Å²) in [6.45, 7) is 8.33. The molecule has 19 heavy (non-hydrogen) atoms. The smallest absolute Gasteiger partial charge is 0.222 e. The van der Waals surface area contributed by atoms with E-state index in [1.807, 2.05) is 0 Å². The van der Waals surface area contributed by atoms with E-state index in [0.717, 1.165) is 38.8 Å². The molecule has 0 aromatic carbocycles. The lowest BCUT2D eigenvalue weighted by molar-refractivity contribution is -0.133. The number of nitrogens with zero attached hydrogens (tertiary/aromatic N) is 1. The van der Waals surface area contributed by atoms with Gasteiger partial charge in [-0.25, -0.2) is 0 Å². The third kappa shape index (κ3) is 5.52. The quantitative estimate of drug-likeness (QED) is 0.771. The van der Waals surface area contributed by atoms with Crippen LogP contribution in [0.2, 0.25) is 0 Å². The topological polar surface area (TPSA) is 46.3 Å². The van der Waals surface area contributed by atoms with E-state index in [4.69, 9.17) is 5.73 Å². The molecule has 0 aromatic heterocycles. The van der Waals surface area contributed by atoms with E-state index in [0.29, 0.717) is 17.7 Å². The van der Waals surface area contributed by atoms with E-state index in [1.165, 1.54) is 19.3 Å². The first kappa shape index (κ1) is 16.5. The van der Waals surface area contributed by atoms with Gasteiger partial charge in [0.1, 0.15) is 0 Å². The largest absolute Gasteiger partial charge is 0.343 e. The minimum atomic E-state index is 0.269. The van der Waals surface area contributed by atoms with Crippen molar-refractivity contribution in [3.05, 3.63) is 0 Å². The average Bonchev–Trinajstić information content (AvgIpc) is 2.43. The van der Waals surface area contributed by atoms with Crippen molar-refractivity contribution in [2.75, 3.05) is 13.1 Å². The predicted molar refractivity (Wildman–Crippen MR) is 80.9 cm³/mol. The number of hydrogen-bond donors (Lipinski definition) is 1. The number of amides is 1. The Labute approximate surface area is 118 Å². The van der Waals surface area contributed by atoms with Crippen LogP contribution in [0.25, 0.3) is 0 Å². The summed E-state index contributed by atoms with van der Waals surface area (Å²) in [5, 5.41) is 0. The fraction of sp³-hybridized carbons (Fsp3) is 0.938. The van der Waals surface area contributed by atoms with Crippen molar-refractivity contribution < 1.29 is 4.79 Å². The van der Waals surface area contributed by atoms with E-state index in [-0.39, 0.29) is 6.04 Å². The molecule has 1 rings (SSSR count). The SMILES string of the molecule is CCCCC(CC)CC(=O)N1CCC(C(C)N)CC1. The van der Waals surface area contributed by atoms with Gasteiger partial charge in [0.05, 0.1) is 0 Å². The molecule has 2 atom stereocenters. The molecule has 3 heteroatoms. The van der Waals surface area contributed by atoms with E-state index < -0.39 is 0 Å². The van der Waals surface area contributed by atoms with Crippen molar-refractivity contribution in [3.63, 3.8) is 0 Å². The highest BCUT2D eigenvalue weighted by molar-refractivity contribution is 5.76. The number of rotatable bonds is 7. The molecule has 0 aromatic rings. The van der Waals surface area contributed by atoms with Gasteiger partial charge >= 0.3 is 0 Å². The van der Waals surface area contributed by atoms with E-state index >= 15 is 0 Å². The highest BCUT2D eigenvalue weighted by Crippen LogP contribution is 2.23. The fourth-order valence-corrected chi connectivity index (χ4v) is 2.99. The number of hydrogen-bond acceptors (Lipinski definition) is 2. The number of unbranched alkanes of at least 4 members (excludes halogenated alkanes) is 1. The van der Waals surface area contributed by atoms with Crippen LogP contribution in [-0.2, 0) is 4.79 Å². The summed E-state index contributed by atoms with van der Waals surface area (Å²) in [4.78, 5) is 14.4. The van der Waals surface area contributed by atoms with Crippen LogP contribution in [0.1, 0.15) is 65.7 Å². The van der Waals surface area contributed by atoms with Gasteiger partial charge in [0.2, 0.25) is 5.91 Å². The summed E-state index contributed by atoms with van der Waals surface area (Å²) in [5.74, 6) is 1.55. The molecule has 0 aliphatic carbocycles. The summed E-state index contributed by atoms with van der Waals surface area (Å²) >= 11 is 0. The summed E-state index contributed by atoms with van der Waals surface area (Å²) in [6, 6.07) is 0.269. The van der Waals surface area contributed by atoms with Crippen molar-refractivity contribution in [3.8, 4) is 0 Å². The summed E-state index contributed by atoms with van der Waals surface area (Å²) < 4.78 is 0. The number of carbonyl (C=O) groups excluding carboxylic acids is 1. The van der Waals surface area contributed by atoms with Crippen LogP contribution in [-0.4, -0.2) is 29.9 Å². The van der Waals surface area contributed by atoms with Crippen LogP contribution in [0, 0.1) is 11.8 Å². The highest BCUT2D eigenvalue weighted by atomic mass is 16.2. The lowest BCUT2D eigenvalue weighted by atomic mass is 9.90. The molecule has 1 aliphatic heterocycles. The minimum Gasteiger partial charge on any atom is -0.343 e. The van der Waals surface area contributed by atoms with Crippen molar-refractivity contribution in [2.24, 2.45) is 17.6 Å². The van der Waals surface area contributed by atoms with Crippen molar-refractivity contribution >= 4 is 5.91 Å². The molecule has 2 unspecified atom stereocenters. The molecule has 1 amide bonds. The van der Waals surface area contributed by atoms with Gasteiger partial charge in [-0.15, -0.1) is 0 Å². The molecule has 1 heterocycles. The first-order valence-corrected chi connectivity index (χ1v) is 8.11. The Balaban J connectivity index is 2.33. The molecule has 0 bridgehead atoms. The maximum Gasteiger partial charge on any atom is 0.222 e. The Hall–Kier alpha value is -0.570. The monoisotopic (exact) mass is 268 g/mol. The Kier molecular flexibility index (Phi) is 7.44. The highest BCUT2D eigenvalue weighted by Gasteiger charge is 2.25. The molecule has 1 fully saturated rings. The van der Waals surface area contributed by atoms with E-state index in [9.17, 15) is 4.79 Å². The maximum atomic E-state index is 12.3. The van der Waals surface area contributed by atoms with Crippen molar-refractivity contribution in [2.45, 2.75) is 71.8 Å². The lowest BCUT2D eigenvalue weighted by Gasteiger charge is -2.34. The van der Waals surface area contributed by atoms with Crippen molar-refractivity contribution in [1.82, 2.24) is 4.90 Å². The van der Waals surface area contributed by atoms with Crippen LogP contribution in [0.5, 0.6) is 0 Å². The molecular formula is C16H32N2O. The van der Waals surface area contributed by atoms with Crippen LogP contribution in [0.4, 0.5) is 0 Å². The van der Waals surface area contributed by atoms with Crippen LogP contribution >= 0.6 is 0 Å². The third-order valence-corrected chi connectivity index (χ3v) is 4.64. The molecule has 0 saturated carbocycles. The average molecular weight is 268 g/mol. The van der Waals surface area contributed by atoms with Crippen molar-refractivity contribution in [1.29, 1.82) is 0 Å². The van der Waals surface area contributed by atoms with Gasteiger partial charge in [-0.2, -0.15) is 0 Å². The zero-order chi connectivity index (χ0) is 14.3. The second-order valence-corrected chi connectivity index (χ2v) is 6.20. The molecule has 112 valence electrons. The number of likely N-dealkylation sites (tertiary alicyclic amines) is 1. The van der Waals surface area contributed by atoms with Gasteiger partial charge in [0.25, 0.3) is 0 Å². The zero-order valence-corrected chi connectivity index (χ0v) is 13.0. The molecule has 1 aliphatic rings. The number of carbonyl (C=O) groups is 1. The molecule has 0 radical (unpaired) electrons. The van der Waals surface area contributed by atoms with E-state index in [2.05, 4.69) is 25.7 Å². The zero-order valence-electron chi connectivity index (χ0n) is 13.0. The van der Waals surface area contributed by atoms with Gasteiger partial charge in [-0.3, -0.25) is 4.79 Å². The first-order chi connectivity index (χ1) is 9.08. The van der Waals surface area contributed by atoms with Gasteiger partial charge < -0.3 is 10.6 Å². The fourth-order valence-electron chi connectivity index (χ4n) is 2.99. The van der Waals surface area contributed by atoms with Crippen LogP contribution in [0.3, 0.4) is 0 Å². The van der Waals surface area contributed by atoms with E-state index in [1.54, 1.807) is 0 Å². The summed E-state index contributed by atoms with van der Waals surface area (Å²) in [5.41, 5.74) is 5.94. The van der Waals surface area contributed by atoms with Crippen LogP contribution < -0.4 is 5.73 Å². The third-order valence-electron chi connectivity index (χ3n) is 4.64. The summed E-state index contributed by atoms with van der Waals surface area (Å²) in [7, 11) is 0. The lowest BCUT2D eigenvalue weighted by Crippen LogP contribution is -2.43. The maximum absolute atomic E-state index is 12.3. The molecule has 1 saturated heterocycles. The first-order valence-electron chi connectivity index (χ1n) is 8.11. The van der Waals surface area contributed by atoms with Gasteiger partial charge in [-0.05, 0) is 38.0 Å². The Morgan fingerprint density at radius 3 is 2.42 bits per heavy atom. The van der Waals surface area contributed by atoms with Gasteiger partial charge in [0.15, 0.2) is 0 Å². The Bertz CT molecular complexity index is 257. The molecular weight excluding hydrogens is 236 g/mol. The second-order valence-electron chi connectivity index (χ2n) is 6.20. The van der Waals surface area contributed by atoms with Gasteiger partial charge in [-0.1, -0.05) is 33.1 Å². The number of nitrogens with two attached hydrogens (primary N) is 1. The normalized spacial score (nSPS) is 20.3. The Morgan fingerprint density at radius 2 is 1.95 bits per heavy atom.